The quantitative estimate of drug-likeness (QED) is 0.773. The molecule has 3 nitrogen and oxygen atoms in total. The van der Waals surface area contributed by atoms with Crippen molar-refractivity contribution in [1.29, 1.82) is 0 Å². The van der Waals surface area contributed by atoms with Gasteiger partial charge in [0, 0.05) is 32.5 Å². The van der Waals surface area contributed by atoms with Crippen molar-refractivity contribution in [2.24, 2.45) is 0 Å². The molecule has 0 aliphatic heterocycles. The summed E-state index contributed by atoms with van der Waals surface area (Å²) < 4.78 is 35.6. The van der Waals surface area contributed by atoms with E-state index in [1.165, 1.54) is 0 Å². The van der Waals surface area contributed by atoms with E-state index in [0.29, 0.717) is 19.8 Å². The maximum Gasteiger partial charge on any atom is 0.251 e. The topological polar surface area (TPSA) is 30.5 Å². The Hall–Kier alpha value is -1.20. The first-order valence-corrected chi connectivity index (χ1v) is 6.41. The summed E-state index contributed by atoms with van der Waals surface area (Å²) in [7, 11) is 1.63. The molecule has 2 rings (SSSR count). The van der Waals surface area contributed by atoms with Gasteiger partial charge in [0.2, 0.25) is 0 Å². The smallest absolute Gasteiger partial charge is 0.251 e. The molecule has 0 bridgehead atoms. The molecule has 1 aromatic rings. The molecule has 19 heavy (non-hydrogen) atoms. The van der Waals surface area contributed by atoms with Crippen LogP contribution in [0.25, 0.3) is 0 Å². The lowest BCUT2D eigenvalue weighted by molar-refractivity contribution is -0.0930. The number of rotatable bonds is 7. The lowest BCUT2D eigenvalue weighted by Crippen LogP contribution is -2.48. The van der Waals surface area contributed by atoms with Crippen molar-refractivity contribution in [3.05, 3.63) is 29.8 Å². The molecule has 0 heterocycles. The van der Waals surface area contributed by atoms with Crippen LogP contribution in [-0.4, -0.2) is 32.3 Å². The van der Waals surface area contributed by atoms with Crippen LogP contribution in [0.3, 0.4) is 0 Å². The van der Waals surface area contributed by atoms with Crippen LogP contribution in [0.1, 0.15) is 18.4 Å². The standard InChI is InChI=1S/C14H19F2NO2/c1-18-6-7-19-13-4-2-11(3-5-13)10-17-12-8-14(15,16)9-12/h2-5,12,17H,6-10H2,1H3. The second-order valence-electron chi connectivity index (χ2n) is 4.83. The molecule has 1 fully saturated rings. The van der Waals surface area contributed by atoms with Crippen LogP contribution in [-0.2, 0) is 11.3 Å². The second kappa shape index (κ2) is 6.30. The van der Waals surface area contributed by atoms with Crippen molar-refractivity contribution in [3.8, 4) is 5.75 Å². The predicted octanol–water partition coefficient (Wildman–Crippen LogP) is 2.60. The largest absolute Gasteiger partial charge is 0.491 e. The van der Waals surface area contributed by atoms with Crippen LogP contribution in [0.5, 0.6) is 5.75 Å². The predicted molar refractivity (Wildman–Crippen MR) is 68.6 cm³/mol. The first-order chi connectivity index (χ1) is 9.09. The minimum atomic E-state index is -2.46. The number of hydrogen-bond acceptors (Lipinski definition) is 3. The molecule has 1 N–H and O–H groups in total. The third-order valence-corrected chi connectivity index (χ3v) is 3.16. The summed E-state index contributed by atoms with van der Waals surface area (Å²) in [4.78, 5) is 0. The van der Waals surface area contributed by atoms with E-state index in [9.17, 15) is 8.78 Å². The zero-order valence-electron chi connectivity index (χ0n) is 11.0. The Morgan fingerprint density at radius 3 is 2.47 bits per heavy atom. The molecule has 1 aliphatic rings. The van der Waals surface area contributed by atoms with Gasteiger partial charge in [-0.2, -0.15) is 0 Å². The van der Waals surface area contributed by atoms with E-state index in [1.54, 1.807) is 7.11 Å². The summed E-state index contributed by atoms with van der Waals surface area (Å²) in [6, 6.07) is 7.56. The summed E-state index contributed by atoms with van der Waals surface area (Å²) in [6.45, 7) is 1.68. The highest BCUT2D eigenvalue weighted by Gasteiger charge is 2.44. The fourth-order valence-corrected chi connectivity index (χ4v) is 2.01. The van der Waals surface area contributed by atoms with Gasteiger partial charge in [0.25, 0.3) is 5.92 Å². The number of alkyl halides is 2. The van der Waals surface area contributed by atoms with E-state index in [2.05, 4.69) is 5.32 Å². The molecule has 1 saturated carbocycles. The molecule has 106 valence electrons. The van der Waals surface area contributed by atoms with Crippen LogP contribution < -0.4 is 10.1 Å². The molecule has 0 saturated heterocycles. The first kappa shape index (κ1) is 14.2. The number of benzene rings is 1. The fourth-order valence-electron chi connectivity index (χ4n) is 2.01. The molecule has 1 aliphatic carbocycles. The Labute approximate surface area is 111 Å². The lowest BCUT2D eigenvalue weighted by atomic mass is 9.88. The molecule has 0 atom stereocenters. The average molecular weight is 271 g/mol. The summed E-state index contributed by atoms with van der Waals surface area (Å²) in [5.41, 5.74) is 1.06. The van der Waals surface area contributed by atoms with Crippen LogP contribution in [0.2, 0.25) is 0 Å². The number of methoxy groups -OCH3 is 1. The number of hydrogen-bond donors (Lipinski definition) is 1. The Kier molecular flexibility index (Phi) is 4.71. The molecule has 0 spiro atoms. The number of nitrogens with one attached hydrogen (secondary N) is 1. The normalized spacial score (nSPS) is 18.1. The molecule has 0 radical (unpaired) electrons. The van der Waals surface area contributed by atoms with Crippen molar-refractivity contribution < 1.29 is 18.3 Å². The average Bonchev–Trinajstić information content (AvgIpc) is 2.35. The van der Waals surface area contributed by atoms with Crippen LogP contribution in [0, 0.1) is 0 Å². The van der Waals surface area contributed by atoms with Gasteiger partial charge in [-0.3, -0.25) is 0 Å². The highest BCUT2D eigenvalue weighted by atomic mass is 19.3. The van der Waals surface area contributed by atoms with Gasteiger partial charge < -0.3 is 14.8 Å². The summed E-state index contributed by atoms with van der Waals surface area (Å²) >= 11 is 0. The molecule has 0 aromatic heterocycles. The molecular weight excluding hydrogens is 252 g/mol. The molecule has 0 unspecified atom stereocenters. The summed E-state index contributed by atoms with van der Waals surface area (Å²) in [6.07, 6.45) is -0.101. The van der Waals surface area contributed by atoms with Crippen molar-refractivity contribution >= 4 is 0 Å². The van der Waals surface area contributed by atoms with Gasteiger partial charge in [0.1, 0.15) is 12.4 Å². The summed E-state index contributed by atoms with van der Waals surface area (Å²) in [5, 5.41) is 3.12. The Morgan fingerprint density at radius 2 is 1.89 bits per heavy atom. The fraction of sp³-hybridized carbons (Fsp3) is 0.571. The van der Waals surface area contributed by atoms with Crippen molar-refractivity contribution in [2.75, 3.05) is 20.3 Å². The maximum absolute atomic E-state index is 12.6. The number of ether oxygens (including phenoxy) is 2. The van der Waals surface area contributed by atoms with Crippen molar-refractivity contribution in [2.45, 2.75) is 31.4 Å². The van der Waals surface area contributed by atoms with E-state index >= 15 is 0 Å². The van der Waals surface area contributed by atoms with E-state index in [0.717, 1.165) is 11.3 Å². The third kappa shape index (κ3) is 4.44. The number of halogens is 2. The third-order valence-electron chi connectivity index (χ3n) is 3.16. The SMILES string of the molecule is COCCOc1ccc(CNC2CC(F)(F)C2)cc1. The van der Waals surface area contributed by atoms with Crippen LogP contribution >= 0.6 is 0 Å². The van der Waals surface area contributed by atoms with Gasteiger partial charge in [-0.25, -0.2) is 8.78 Å². The zero-order chi connectivity index (χ0) is 13.7. The Morgan fingerprint density at radius 1 is 1.21 bits per heavy atom. The van der Waals surface area contributed by atoms with Crippen molar-refractivity contribution in [3.63, 3.8) is 0 Å². The molecule has 0 amide bonds. The second-order valence-corrected chi connectivity index (χ2v) is 4.83. The van der Waals surface area contributed by atoms with Gasteiger partial charge >= 0.3 is 0 Å². The van der Waals surface area contributed by atoms with Crippen molar-refractivity contribution in [1.82, 2.24) is 5.32 Å². The van der Waals surface area contributed by atoms with Gasteiger partial charge in [-0.1, -0.05) is 12.1 Å². The minimum Gasteiger partial charge on any atom is -0.491 e. The van der Waals surface area contributed by atoms with Gasteiger partial charge in [-0.05, 0) is 17.7 Å². The van der Waals surface area contributed by atoms with Gasteiger partial charge in [0.15, 0.2) is 0 Å². The molecule has 5 heteroatoms. The summed E-state index contributed by atoms with van der Waals surface area (Å²) in [5.74, 6) is -1.67. The van der Waals surface area contributed by atoms with Crippen LogP contribution in [0.15, 0.2) is 24.3 Å². The maximum atomic E-state index is 12.6. The minimum absolute atomic E-state index is 0.0504. The monoisotopic (exact) mass is 271 g/mol. The van der Waals surface area contributed by atoms with E-state index in [1.807, 2.05) is 24.3 Å². The zero-order valence-corrected chi connectivity index (χ0v) is 11.0. The highest BCUT2D eigenvalue weighted by molar-refractivity contribution is 5.27. The van der Waals surface area contributed by atoms with E-state index in [4.69, 9.17) is 9.47 Å². The van der Waals surface area contributed by atoms with E-state index < -0.39 is 5.92 Å². The molecular formula is C14H19F2NO2. The van der Waals surface area contributed by atoms with Crippen LogP contribution in [0.4, 0.5) is 8.78 Å². The lowest BCUT2D eigenvalue weighted by Gasteiger charge is -2.35. The highest BCUT2D eigenvalue weighted by Crippen LogP contribution is 2.37. The Balaban J connectivity index is 1.70. The van der Waals surface area contributed by atoms with Gasteiger partial charge in [-0.15, -0.1) is 0 Å². The first-order valence-electron chi connectivity index (χ1n) is 6.41. The molecule has 1 aromatic carbocycles. The van der Waals surface area contributed by atoms with Gasteiger partial charge in [0.05, 0.1) is 6.61 Å². The Bertz CT molecular complexity index is 387. The van der Waals surface area contributed by atoms with E-state index in [-0.39, 0.29) is 18.9 Å².